The highest BCUT2D eigenvalue weighted by molar-refractivity contribution is 6.21. The summed E-state index contributed by atoms with van der Waals surface area (Å²) in [7, 11) is 0. The fourth-order valence-corrected chi connectivity index (χ4v) is 2.38. The summed E-state index contributed by atoms with van der Waals surface area (Å²) in [5.74, 6) is -1.41. The van der Waals surface area contributed by atoms with Crippen LogP contribution in [0.3, 0.4) is 0 Å². The van der Waals surface area contributed by atoms with Crippen LogP contribution in [0, 0.1) is 0 Å². The van der Waals surface area contributed by atoms with Crippen LogP contribution in [0.1, 0.15) is 67.8 Å². The Bertz CT molecular complexity index is 782. The molecular formula is C19H16O4. The van der Waals surface area contributed by atoms with E-state index in [9.17, 15) is 19.2 Å². The molecule has 2 rings (SSSR count). The summed E-state index contributed by atoms with van der Waals surface area (Å²) in [6, 6.07) is 11.2. The Morgan fingerprint density at radius 2 is 1.13 bits per heavy atom. The lowest BCUT2D eigenvalue weighted by Gasteiger charge is -2.13. The fourth-order valence-electron chi connectivity index (χ4n) is 2.38. The van der Waals surface area contributed by atoms with Crippen molar-refractivity contribution in [3.05, 3.63) is 70.3 Å². The van der Waals surface area contributed by atoms with Gasteiger partial charge in [0.2, 0.25) is 0 Å². The molecule has 116 valence electrons. The van der Waals surface area contributed by atoms with Gasteiger partial charge in [0.25, 0.3) is 0 Å². The number of carbonyl (C=O) groups excluding carboxylic acids is 4. The average Bonchev–Trinajstić information content (AvgIpc) is 2.53. The Balaban J connectivity index is 2.79. The number of benzene rings is 2. The maximum absolute atomic E-state index is 12.8. The molecule has 0 bridgehead atoms. The van der Waals surface area contributed by atoms with Crippen molar-refractivity contribution >= 4 is 23.1 Å². The summed E-state index contributed by atoms with van der Waals surface area (Å²) in [4.78, 5) is 48.4. The predicted molar refractivity (Wildman–Crippen MR) is 86.3 cm³/mol. The minimum absolute atomic E-state index is 0.0567. The molecular weight excluding hydrogens is 292 g/mol. The molecule has 0 radical (unpaired) electrons. The van der Waals surface area contributed by atoms with Crippen molar-refractivity contribution in [1.29, 1.82) is 0 Å². The second-order valence-electron chi connectivity index (χ2n) is 5.31. The lowest BCUT2D eigenvalue weighted by atomic mass is 9.88. The molecule has 2 aromatic carbocycles. The monoisotopic (exact) mass is 308 g/mol. The number of rotatable bonds is 5. The van der Waals surface area contributed by atoms with Gasteiger partial charge in [0.15, 0.2) is 23.1 Å². The van der Waals surface area contributed by atoms with Gasteiger partial charge in [-0.25, -0.2) is 0 Å². The maximum atomic E-state index is 12.8. The van der Waals surface area contributed by atoms with Crippen LogP contribution in [0.5, 0.6) is 0 Å². The van der Waals surface area contributed by atoms with E-state index in [2.05, 4.69) is 0 Å². The summed E-state index contributed by atoms with van der Waals surface area (Å²) in [6.07, 6.45) is 0. The SMILES string of the molecule is CC(=O)c1cc(C(C)=O)c(C(=O)c2ccccc2)c(C(C)=O)c1. The zero-order valence-electron chi connectivity index (χ0n) is 13.2. The van der Waals surface area contributed by atoms with E-state index in [0.29, 0.717) is 5.56 Å². The molecule has 0 N–H and O–H groups in total. The zero-order valence-corrected chi connectivity index (χ0v) is 13.2. The van der Waals surface area contributed by atoms with Crippen LogP contribution in [-0.4, -0.2) is 23.1 Å². The van der Waals surface area contributed by atoms with Crippen molar-refractivity contribution in [2.45, 2.75) is 20.8 Å². The topological polar surface area (TPSA) is 68.3 Å². The van der Waals surface area contributed by atoms with Crippen LogP contribution in [-0.2, 0) is 0 Å². The molecule has 0 saturated carbocycles. The molecule has 4 heteroatoms. The minimum Gasteiger partial charge on any atom is -0.295 e. The molecule has 0 unspecified atom stereocenters. The average molecular weight is 308 g/mol. The van der Waals surface area contributed by atoms with Gasteiger partial charge < -0.3 is 0 Å². The van der Waals surface area contributed by atoms with Gasteiger partial charge in [-0.15, -0.1) is 0 Å². The lowest BCUT2D eigenvalue weighted by Crippen LogP contribution is -2.16. The Labute approximate surface area is 134 Å². The molecule has 0 heterocycles. The third-order valence-corrected chi connectivity index (χ3v) is 3.57. The van der Waals surface area contributed by atoms with Gasteiger partial charge in [0.1, 0.15) is 0 Å². The van der Waals surface area contributed by atoms with Crippen LogP contribution in [0.2, 0.25) is 0 Å². The second kappa shape index (κ2) is 6.48. The lowest BCUT2D eigenvalue weighted by molar-refractivity contribution is 0.0977. The molecule has 0 aromatic heterocycles. The molecule has 0 aliphatic rings. The van der Waals surface area contributed by atoms with Gasteiger partial charge in [0.05, 0.1) is 0 Å². The quantitative estimate of drug-likeness (QED) is 0.792. The van der Waals surface area contributed by atoms with E-state index in [1.165, 1.54) is 32.9 Å². The highest BCUT2D eigenvalue weighted by Gasteiger charge is 2.24. The number of hydrogen-bond donors (Lipinski definition) is 0. The van der Waals surface area contributed by atoms with E-state index in [-0.39, 0.29) is 39.6 Å². The molecule has 0 saturated heterocycles. The Kier molecular flexibility index (Phi) is 4.65. The van der Waals surface area contributed by atoms with Crippen molar-refractivity contribution < 1.29 is 19.2 Å². The Hall–Kier alpha value is -2.88. The highest BCUT2D eigenvalue weighted by Crippen LogP contribution is 2.23. The van der Waals surface area contributed by atoms with Gasteiger partial charge in [0, 0.05) is 27.8 Å². The van der Waals surface area contributed by atoms with Crippen LogP contribution < -0.4 is 0 Å². The predicted octanol–water partition coefficient (Wildman–Crippen LogP) is 3.53. The minimum atomic E-state index is -0.406. The first-order valence-corrected chi connectivity index (χ1v) is 7.13. The molecule has 0 fully saturated rings. The zero-order chi connectivity index (χ0) is 17.1. The molecule has 0 spiro atoms. The van der Waals surface area contributed by atoms with E-state index in [1.807, 2.05) is 0 Å². The molecule has 0 amide bonds. The van der Waals surface area contributed by atoms with E-state index < -0.39 is 5.78 Å². The summed E-state index contributed by atoms with van der Waals surface area (Å²) in [5, 5.41) is 0. The fraction of sp³-hybridized carbons (Fsp3) is 0.158. The van der Waals surface area contributed by atoms with Crippen molar-refractivity contribution in [2.75, 3.05) is 0 Å². The van der Waals surface area contributed by atoms with Gasteiger partial charge in [-0.3, -0.25) is 19.2 Å². The first-order chi connectivity index (χ1) is 10.8. The third-order valence-electron chi connectivity index (χ3n) is 3.57. The normalized spacial score (nSPS) is 10.2. The Morgan fingerprint density at radius 3 is 1.52 bits per heavy atom. The highest BCUT2D eigenvalue weighted by atomic mass is 16.1. The van der Waals surface area contributed by atoms with E-state index in [4.69, 9.17) is 0 Å². The molecule has 0 aliphatic carbocycles. The number of ketones is 4. The largest absolute Gasteiger partial charge is 0.295 e. The number of hydrogen-bond acceptors (Lipinski definition) is 4. The molecule has 0 atom stereocenters. The summed E-state index contributed by atoms with van der Waals surface area (Å²) >= 11 is 0. The van der Waals surface area contributed by atoms with Crippen LogP contribution in [0.15, 0.2) is 42.5 Å². The van der Waals surface area contributed by atoms with E-state index in [1.54, 1.807) is 30.3 Å². The van der Waals surface area contributed by atoms with Crippen molar-refractivity contribution in [1.82, 2.24) is 0 Å². The van der Waals surface area contributed by atoms with E-state index in [0.717, 1.165) is 0 Å². The molecule has 0 aliphatic heterocycles. The first kappa shape index (κ1) is 16.5. The van der Waals surface area contributed by atoms with Gasteiger partial charge in [-0.2, -0.15) is 0 Å². The number of Topliss-reactive ketones (excluding diaryl/α,β-unsaturated/α-hetero) is 3. The summed E-state index contributed by atoms with van der Waals surface area (Å²) < 4.78 is 0. The Morgan fingerprint density at radius 1 is 0.652 bits per heavy atom. The van der Waals surface area contributed by atoms with Gasteiger partial charge >= 0.3 is 0 Å². The van der Waals surface area contributed by atoms with Crippen molar-refractivity contribution in [3.63, 3.8) is 0 Å². The smallest absolute Gasteiger partial charge is 0.194 e. The van der Waals surface area contributed by atoms with Crippen LogP contribution in [0.4, 0.5) is 0 Å². The van der Waals surface area contributed by atoms with Gasteiger partial charge in [-0.05, 0) is 32.9 Å². The first-order valence-electron chi connectivity index (χ1n) is 7.13. The summed E-state index contributed by atoms with van der Waals surface area (Å²) in [6.45, 7) is 3.97. The molecule has 23 heavy (non-hydrogen) atoms. The number of carbonyl (C=O) groups is 4. The van der Waals surface area contributed by atoms with Crippen LogP contribution >= 0.6 is 0 Å². The van der Waals surface area contributed by atoms with Crippen LogP contribution in [0.25, 0.3) is 0 Å². The van der Waals surface area contributed by atoms with Crippen molar-refractivity contribution in [3.8, 4) is 0 Å². The third kappa shape index (κ3) is 3.31. The second-order valence-corrected chi connectivity index (χ2v) is 5.31. The van der Waals surface area contributed by atoms with Gasteiger partial charge in [-0.1, -0.05) is 30.3 Å². The van der Waals surface area contributed by atoms with E-state index >= 15 is 0 Å². The molecule has 4 nitrogen and oxygen atoms in total. The standard InChI is InChI=1S/C19H16O4/c1-11(20)15-9-16(12(2)21)18(17(10-15)13(3)22)19(23)14-7-5-4-6-8-14/h4-10H,1-3H3. The summed E-state index contributed by atoms with van der Waals surface area (Å²) in [5.41, 5.74) is 0.868. The molecule has 2 aromatic rings. The maximum Gasteiger partial charge on any atom is 0.194 e. The van der Waals surface area contributed by atoms with Crippen molar-refractivity contribution in [2.24, 2.45) is 0 Å².